The number of para-hydroxylation sites is 1. The van der Waals surface area contributed by atoms with Crippen LogP contribution in [0.15, 0.2) is 47.4 Å². The van der Waals surface area contributed by atoms with Gasteiger partial charge >= 0.3 is 0 Å². The van der Waals surface area contributed by atoms with E-state index in [1.54, 1.807) is 31.4 Å². The number of nitrogens with zero attached hydrogens (tertiary/aromatic N) is 2. The highest BCUT2D eigenvalue weighted by molar-refractivity contribution is 14.1. The fourth-order valence-corrected chi connectivity index (χ4v) is 4.68. The number of halogens is 2. The van der Waals surface area contributed by atoms with E-state index < -0.39 is 10.0 Å². The minimum absolute atomic E-state index is 0. The Morgan fingerprint density at radius 1 is 1.07 bits per heavy atom. The summed E-state index contributed by atoms with van der Waals surface area (Å²) in [5, 5.41) is 0. The number of likely N-dealkylation sites (N-methyl/N-ethyl adjacent to an activating group) is 1. The second kappa shape index (κ2) is 9.31. The number of anilines is 2. The van der Waals surface area contributed by atoms with Crippen molar-refractivity contribution in [2.24, 2.45) is 0 Å². The van der Waals surface area contributed by atoms with Crippen molar-refractivity contribution in [2.45, 2.75) is 4.90 Å². The number of ether oxygens (including phenoxy) is 1. The molecule has 0 bridgehead atoms. The summed E-state index contributed by atoms with van der Waals surface area (Å²) in [7, 11) is 0.00881. The van der Waals surface area contributed by atoms with Crippen LogP contribution in [0, 0.1) is 3.57 Å². The van der Waals surface area contributed by atoms with Gasteiger partial charge in [-0.2, -0.15) is 0 Å². The van der Waals surface area contributed by atoms with E-state index in [4.69, 9.17) is 4.74 Å². The highest BCUT2D eigenvalue weighted by Gasteiger charge is 2.22. The number of hydrogen-bond donors (Lipinski definition) is 1. The quantitative estimate of drug-likeness (QED) is 0.610. The first-order chi connectivity index (χ1) is 12.4. The van der Waals surface area contributed by atoms with Crippen molar-refractivity contribution in [1.82, 2.24) is 4.90 Å². The van der Waals surface area contributed by atoms with Gasteiger partial charge < -0.3 is 14.5 Å². The highest BCUT2D eigenvalue weighted by Crippen LogP contribution is 2.32. The molecule has 0 atom stereocenters. The Morgan fingerprint density at radius 2 is 1.74 bits per heavy atom. The molecule has 1 aliphatic rings. The molecule has 0 aromatic heterocycles. The topological polar surface area (TPSA) is 61.9 Å². The molecule has 9 heteroatoms. The van der Waals surface area contributed by atoms with E-state index in [-0.39, 0.29) is 17.3 Å². The van der Waals surface area contributed by atoms with E-state index in [0.29, 0.717) is 11.4 Å². The van der Waals surface area contributed by atoms with Gasteiger partial charge in [0.15, 0.2) is 0 Å². The van der Waals surface area contributed by atoms with Gasteiger partial charge in [-0.1, -0.05) is 12.1 Å². The van der Waals surface area contributed by atoms with Crippen molar-refractivity contribution in [3.05, 3.63) is 46.0 Å². The molecule has 6 nitrogen and oxygen atoms in total. The van der Waals surface area contributed by atoms with E-state index in [2.05, 4.69) is 44.2 Å². The molecule has 148 valence electrons. The van der Waals surface area contributed by atoms with Crippen molar-refractivity contribution in [2.75, 3.05) is 50.0 Å². The van der Waals surface area contributed by atoms with Gasteiger partial charge in [0, 0.05) is 29.7 Å². The SMILES string of the molecule is COc1ccc(S(=O)(=O)Nc2ccccc2I)cc1N1CCN(C)CC1.Cl. The summed E-state index contributed by atoms with van der Waals surface area (Å²) in [6.07, 6.45) is 0. The zero-order valence-corrected chi connectivity index (χ0v) is 19.0. The molecule has 0 saturated carbocycles. The van der Waals surface area contributed by atoms with Gasteiger partial charge in [0.25, 0.3) is 10.0 Å². The van der Waals surface area contributed by atoms with Crippen LogP contribution in [0.25, 0.3) is 0 Å². The third kappa shape index (κ3) is 5.18. The molecular formula is C18H23ClIN3O3S. The second-order valence-electron chi connectivity index (χ2n) is 6.21. The first kappa shape index (κ1) is 22.1. The van der Waals surface area contributed by atoms with Crippen molar-refractivity contribution in [3.8, 4) is 5.75 Å². The molecule has 1 saturated heterocycles. The van der Waals surface area contributed by atoms with Crippen LogP contribution in [-0.4, -0.2) is 53.7 Å². The van der Waals surface area contributed by atoms with Crippen LogP contribution < -0.4 is 14.4 Å². The maximum absolute atomic E-state index is 12.9. The lowest BCUT2D eigenvalue weighted by molar-refractivity contribution is 0.311. The van der Waals surface area contributed by atoms with Gasteiger partial charge in [0.05, 0.1) is 23.4 Å². The Kier molecular flexibility index (Phi) is 7.61. The minimum Gasteiger partial charge on any atom is -0.495 e. The Bertz CT molecular complexity index is 887. The number of sulfonamides is 1. The van der Waals surface area contributed by atoms with Crippen LogP contribution >= 0.6 is 35.0 Å². The summed E-state index contributed by atoms with van der Waals surface area (Å²) in [5.41, 5.74) is 1.39. The molecule has 1 fully saturated rings. The Morgan fingerprint density at radius 3 is 2.37 bits per heavy atom. The fraction of sp³-hybridized carbons (Fsp3) is 0.333. The third-order valence-corrected chi connectivity index (χ3v) is 6.73. The summed E-state index contributed by atoms with van der Waals surface area (Å²) in [6, 6.07) is 12.3. The average molecular weight is 524 g/mol. The highest BCUT2D eigenvalue weighted by atomic mass is 127. The number of piperazine rings is 1. The van der Waals surface area contributed by atoms with Crippen LogP contribution in [0.5, 0.6) is 5.75 Å². The molecule has 0 amide bonds. The summed E-state index contributed by atoms with van der Waals surface area (Å²) in [4.78, 5) is 4.65. The zero-order valence-electron chi connectivity index (χ0n) is 15.2. The van der Waals surface area contributed by atoms with Crippen molar-refractivity contribution in [3.63, 3.8) is 0 Å². The first-order valence-corrected chi connectivity index (χ1v) is 10.9. The van der Waals surface area contributed by atoms with E-state index in [0.717, 1.165) is 35.4 Å². The third-order valence-electron chi connectivity index (χ3n) is 4.42. The fourth-order valence-electron chi connectivity index (χ4n) is 2.88. The standard InChI is InChI=1S/C18H22IN3O3S.ClH/c1-21-9-11-22(12-10-21)17-13-14(7-8-18(17)25-2)26(23,24)20-16-6-4-3-5-15(16)19;/h3-8,13,20H,9-12H2,1-2H3;1H. The Labute approximate surface area is 180 Å². The van der Waals surface area contributed by atoms with Gasteiger partial charge in [-0.15, -0.1) is 12.4 Å². The lowest BCUT2D eigenvalue weighted by Crippen LogP contribution is -2.44. The summed E-state index contributed by atoms with van der Waals surface area (Å²) >= 11 is 2.12. The summed E-state index contributed by atoms with van der Waals surface area (Å²) < 4.78 is 34.7. The van der Waals surface area contributed by atoms with E-state index >= 15 is 0 Å². The zero-order chi connectivity index (χ0) is 18.7. The smallest absolute Gasteiger partial charge is 0.262 e. The van der Waals surface area contributed by atoms with E-state index in [1.165, 1.54) is 0 Å². The van der Waals surface area contributed by atoms with Crippen molar-refractivity contribution in [1.29, 1.82) is 0 Å². The predicted octanol–water partition coefficient (Wildman–Crippen LogP) is 3.27. The van der Waals surface area contributed by atoms with E-state index in [9.17, 15) is 8.42 Å². The average Bonchev–Trinajstić information content (AvgIpc) is 2.63. The normalized spacial score (nSPS) is 15.1. The number of hydrogen-bond acceptors (Lipinski definition) is 5. The Hall–Kier alpha value is -1.23. The molecule has 1 heterocycles. The van der Waals surface area contributed by atoms with E-state index in [1.807, 2.05) is 18.2 Å². The van der Waals surface area contributed by atoms with Gasteiger partial charge in [-0.05, 0) is 60.0 Å². The lowest BCUT2D eigenvalue weighted by Gasteiger charge is -2.34. The number of rotatable bonds is 5. The monoisotopic (exact) mass is 523 g/mol. The molecular weight excluding hydrogens is 501 g/mol. The molecule has 0 aliphatic carbocycles. The molecule has 2 aromatic rings. The van der Waals surface area contributed by atoms with Crippen LogP contribution in [0.2, 0.25) is 0 Å². The van der Waals surface area contributed by atoms with Crippen molar-refractivity contribution >= 4 is 56.4 Å². The molecule has 0 radical (unpaired) electrons. The molecule has 2 aromatic carbocycles. The molecule has 1 N–H and O–H groups in total. The maximum Gasteiger partial charge on any atom is 0.262 e. The Balaban J connectivity index is 0.00000261. The second-order valence-corrected chi connectivity index (χ2v) is 9.05. The van der Waals surface area contributed by atoms with Crippen molar-refractivity contribution < 1.29 is 13.2 Å². The van der Waals surface area contributed by atoms with Gasteiger partial charge in [-0.3, -0.25) is 4.72 Å². The predicted molar refractivity (Wildman–Crippen MR) is 120 cm³/mol. The molecule has 1 aliphatic heterocycles. The van der Waals surface area contributed by atoms with Crippen LogP contribution in [0.3, 0.4) is 0 Å². The molecule has 0 unspecified atom stereocenters. The van der Waals surface area contributed by atoms with Crippen LogP contribution in [0.4, 0.5) is 11.4 Å². The van der Waals surface area contributed by atoms with Gasteiger partial charge in [0.1, 0.15) is 5.75 Å². The molecule has 0 spiro atoms. The lowest BCUT2D eigenvalue weighted by atomic mass is 10.2. The largest absolute Gasteiger partial charge is 0.495 e. The number of methoxy groups -OCH3 is 1. The molecule has 27 heavy (non-hydrogen) atoms. The number of nitrogens with one attached hydrogen (secondary N) is 1. The molecule has 3 rings (SSSR count). The first-order valence-electron chi connectivity index (χ1n) is 8.29. The van der Waals surface area contributed by atoms with Gasteiger partial charge in [-0.25, -0.2) is 8.42 Å². The summed E-state index contributed by atoms with van der Waals surface area (Å²) in [6.45, 7) is 3.53. The summed E-state index contributed by atoms with van der Waals surface area (Å²) in [5.74, 6) is 0.683. The minimum atomic E-state index is -3.68. The number of benzene rings is 2. The maximum atomic E-state index is 12.9. The van der Waals surface area contributed by atoms with Gasteiger partial charge in [0.2, 0.25) is 0 Å². The van der Waals surface area contributed by atoms with Crippen LogP contribution in [-0.2, 0) is 10.0 Å². The van der Waals surface area contributed by atoms with Crippen LogP contribution in [0.1, 0.15) is 0 Å².